The molecule has 1 fully saturated rings. The summed E-state index contributed by atoms with van der Waals surface area (Å²) >= 11 is 0. The molecular weight excluding hydrogens is 252 g/mol. The highest BCUT2D eigenvalue weighted by atomic mass is 16.7. The number of nitrogens with two attached hydrogens (primary N) is 1. The van der Waals surface area contributed by atoms with Crippen LogP contribution in [0.2, 0.25) is 0 Å². The summed E-state index contributed by atoms with van der Waals surface area (Å²) in [5.74, 6) is 2.32. The highest BCUT2D eigenvalue weighted by Gasteiger charge is 2.30. The minimum absolute atomic E-state index is 0.0313. The van der Waals surface area contributed by atoms with E-state index in [9.17, 15) is 0 Å². The molecule has 0 saturated heterocycles. The fraction of sp³-hybridized carbons (Fsp3) is 0.625. The van der Waals surface area contributed by atoms with Crippen molar-refractivity contribution in [3.05, 3.63) is 23.8 Å². The standard InChI is InChI=1S/C16H24N2O2/c1-11(2)8-18(13-4-5-13)9-14(17)12-3-6-15-16(7-12)20-10-19-15/h3,6-7,11,13-14H,4-5,8-10,17H2,1-2H3. The average Bonchev–Trinajstić information content (AvgIpc) is 3.15. The summed E-state index contributed by atoms with van der Waals surface area (Å²) < 4.78 is 10.8. The lowest BCUT2D eigenvalue weighted by atomic mass is 10.1. The second-order valence-corrected chi connectivity index (χ2v) is 6.30. The van der Waals surface area contributed by atoms with Crippen LogP contribution in [0.1, 0.15) is 38.3 Å². The lowest BCUT2D eigenvalue weighted by Crippen LogP contribution is -2.36. The third-order valence-corrected chi connectivity index (χ3v) is 3.92. The highest BCUT2D eigenvalue weighted by molar-refractivity contribution is 5.45. The SMILES string of the molecule is CC(C)CN(CC(N)c1ccc2c(c1)OCO2)C1CC1. The molecule has 3 rings (SSSR count). The first-order valence-electron chi connectivity index (χ1n) is 7.52. The van der Waals surface area contributed by atoms with Gasteiger partial charge in [-0.1, -0.05) is 19.9 Å². The molecule has 110 valence electrons. The summed E-state index contributed by atoms with van der Waals surface area (Å²) in [5.41, 5.74) is 7.52. The van der Waals surface area contributed by atoms with Crippen molar-refractivity contribution in [3.8, 4) is 11.5 Å². The molecule has 0 aromatic heterocycles. The van der Waals surface area contributed by atoms with Crippen molar-refractivity contribution in [3.63, 3.8) is 0 Å². The Bertz CT molecular complexity index is 472. The van der Waals surface area contributed by atoms with Crippen molar-refractivity contribution in [1.29, 1.82) is 0 Å². The Morgan fingerprint density at radius 3 is 2.65 bits per heavy atom. The Morgan fingerprint density at radius 2 is 1.95 bits per heavy atom. The van der Waals surface area contributed by atoms with E-state index in [1.54, 1.807) is 0 Å². The van der Waals surface area contributed by atoms with Gasteiger partial charge in [0.25, 0.3) is 0 Å². The quantitative estimate of drug-likeness (QED) is 0.867. The van der Waals surface area contributed by atoms with Gasteiger partial charge in [0.1, 0.15) is 0 Å². The van der Waals surface area contributed by atoms with E-state index in [1.807, 2.05) is 12.1 Å². The van der Waals surface area contributed by atoms with E-state index in [-0.39, 0.29) is 6.04 Å². The molecule has 1 saturated carbocycles. The molecule has 1 atom stereocenters. The minimum Gasteiger partial charge on any atom is -0.454 e. The highest BCUT2D eigenvalue weighted by Crippen LogP contribution is 2.35. The molecule has 1 aromatic carbocycles. The normalized spacial score (nSPS) is 18.9. The summed E-state index contributed by atoms with van der Waals surface area (Å²) in [7, 11) is 0. The van der Waals surface area contributed by atoms with E-state index >= 15 is 0 Å². The smallest absolute Gasteiger partial charge is 0.231 e. The maximum Gasteiger partial charge on any atom is 0.231 e. The largest absolute Gasteiger partial charge is 0.454 e. The molecule has 0 bridgehead atoms. The first-order chi connectivity index (χ1) is 9.63. The van der Waals surface area contributed by atoms with Crippen LogP contribution in [0.15, 0.2) is 18.2 Å². The Hall–Kier alpha value is -1.26. The molecule has 2 N–H and O–H groups in total. The van der Waals surface area contributed by atoms with Crippen LogP contribution >= 0.6 is 0 Å². The monoisotopic (exact) mass is 276 g/mol. The molecule has 0 radical (unpaired) electrons. The van der Waals surface area contributed by atoms with Crippen LogP contribution in [0.4, 0.5) is 0 Å². The zero-order valence-corrected chi connectivity index (χ0v) is 12.3. The number of rotatable bonds is 6. The number of fused-ring (bicyclic) bond motifs is 1. The summed E-state index contributed by atoms with van der Waals surface area (Å²) in [5, 5.41) is 0. The predicted octanol–water partition coefficient (Wildman–Crippen LogP) is 2.54. The van der Waals surface area contributed by atoms with Crippen LogP contribution in [0.25, 0.3) is 0 Å². The van der Waals surface area contributed by atoms with Gasteiger partial charge in [0.15, 0.2) is 11.5 Å². The first-order valence-corrected chi connectivity index (χ1v) is 7.52. The van der Waals surface area contributed by atoms with Crippen molar-refractivity contribution in [2.45, 2.75) is 38.8 Å². The van der Waals surface area contributed by atoms with Crippen molar-refractivity contribution in [2.75, 3.05) is 19.9 Å². The fourth-order valence-corrected chi connectivity index (χ4v) is 2.78. The van der Waals surface area contributed by atoms with Crippen LogP contribution < -0.4 is 15.2 Å². The predicted molar refractivity (Wildman–Crippen MR) is 78.9 cm³/mol. The molecular formula is C16H24N2O2. The Balaban J connectivity index is 1.66. The molecule has 4 nitrogen and oxygen atoms in total. The molecule has 0 amide bonds. The molecule has 0 spiro atoms. The van der Waals surface area contributed by atoms with Gasteiger partial charge >= 0.3 is 0 Å². The number of hydrogen-bond acceptors (Lipinski definition) is 4. The molecule has 1 unspecified atom stereocenters. The fourth-order valence-electron chi connectivity index (χ4n) is 2.78. The topological polar surface area (TPSA) is 47.7 Å². The molecule has 1 heterocycles. The molecule has 1 aliphatic heterocycles. The van der Waals surface area contributed by atoms with E-state index in [1.165, 1.54) is 12.8 Å². The van der Waals surface area contributed by atoms with Gasteiger partial charge in [-0.15, -0.1) is 0 Å². The zero-order valence-electron chi connectivity index (χ0n) is 12.3. The maximum atomic E-state index is 6.39. The zero-order chi connectivity index (χ0) is 14.1. The average molecular weight is 276 g/mol. The molecule has 1 aliphatic carbocycles. The van der Waals surface area contributed by atoms with Gasteiger partial charge in [-0.25, -0.2) is 0 Å². The van der Waals surface area contributed by atoms with Crippen LogP contribution in [0, 0.1) is 5.92 Å². The van der Waals surface area contributed by atoms with Crippen LogP contribution in [-0.2, 0) is 0 Å². The first kappa shape index (κ1) is 13.7. The van der Waals surface area contributed by atoms with Gasteiger partial charge in [0.05, 0.1) is 0 Å². The third kappa shape index (κ3) is 3.07. The van der Waals surface area contributed by atoms with Gasteiger partial charge in [0.2, 0.25) is 6.79 Å². The Labute approximate surface area is 120 Å². The Morgan fingerprint density at radius 1 is 1.20 bits per heavy atom. The van der Waals surface area contributed by atoms with Crippen molar-refractivity contribution >= 4 is 0 Å². The molecule has 4 heteroatoms. The van der Waals surface area contributed by atoms with E-state index in [0.29, 0.717) is 12.7 Å². The Kier molecular flexibility index (Phi) is 3.85. The molecule has 20 heavy (non-hydrogen) atoms. The van der Waals surface area contributed by atoms with Gasteiger partial charge < -0.3 is 15.2 Å². The van der Waals surface area contributed by atoms with Crippen molar-refractivity contribution in [2.24, 2.45) is 11.7 Å². The number of ether oxygens (including phenoxy) is 2. The molecule has 1 aromatic rings. The van der Waals surface area contributed by atoms with Crippen molar-refractivity contribution < 1.29 is 9.47 Å². The van der Waals surface area contributed by atoms with E-state index in [2.05, 4.69) is 24.8 Å². The lowest BCUT2D eigenvalue weighted by Gasteiger charge is -2.27. The summed E-state index contributed by atoms with van der Waals surface area (Å²) in [6.07, 6.45) is 2.64. The third-order valence-electron chi connectivity index (χ3n) is 3.92. The second kappa shape index (κ2) is 5.62. The van der Waals surface area contributed by atoms with Gasteiger partial charge in [-0.3, -0.25) is 4.90 Å². The van der Waals surface area contributed by atoms with Gasteiger partial charge in [0, 0.05) is 25.2 Å². The van der Waals surface area contributed by atoms with E-state index < -0.39 is 0 Å². The van der Waals surface area contributed by atoms with Gasteiger partial charge in [-0.2, -0.15) is 0 Å². The second-order valence-electron chi connectivity index (χ2n) is 6.30. The lowest BCUT2D eigenvalue weighted by molar-refractivity contribution is 0.174. The minimum atomic E-state index is 0.0313. The van der Waals surface area contributed by atoms with Crippen LogP contribution in [0.5, 0.6) is 11.5 Å². The van der Waals surface area contributed by atoms with Crippen molar-refractivity contribution in [1.82, 2.24) is 4.90 Å². The number of benzene rings is 1. The maximum absolute atomic E-state index is 6.39. The van der Waals surface area contributed by atoms with Crippen LogP contribution in [0.3, 0.4) is 0 Å². The number of hydrogen-bond donors (Lipinski definition) is 1. The van der Waals surface area contributed by atoms with E-state index in [0.717, 1.165) is 36.2 Å². The summed E-state index contributed by atoms with van der Waals surface area (Å²) in [6.45, 7) is 6.89. The summed E-state index contributed by atoms with van der Waals surface area (Å²) in [4.78, 5) is 2.54. The number of nitrogens with zero attached hydrogens (tertiary/aromatic N) is 1. The molecule has 2 aliphatic rings. The van der Waals surface area contributed by atoms with Crippen LogP contribution in [-0.4, -0.2) is 30.8 Å². The van der Waals surface area contributed by atoms with Gasteiger partial charge in [-0.05, 0) is 36.5 Å². The van der Waals surface area contributed by atoms with E-state index in [4.69, 9.17) is 15.2 Å². The summed E-state index contributed by atoms with van der Waals surface area (Å²) in [6, 6.07) is 6.81.